The molecule has 1 unspecified atom stereocenters. The third-order valence-corrected chi connectivity index (χ3v) is 11.1. The molecule has 1 atom stereocenters. The zero-order chi connectivity index (χ0) is 14.1. The molecule has 0 radical (unpaired) electrons. The zero-order valence-electron chi connectivity index (χ0n) is 12.6. The van der Waals surface area contributed by atoms with Crippen LogP contribution in [0.4, 0.5) is 0 Å². The van der Waals surface area contributed by atoms with E-state index in [1.54, 1.807) is 0 Å². The summed E-state index contributed by atoms with van der Waals surface area (Å²) >= 11 is 0. The number of nitrogens with zero attached hydrogens (tertiary/aromatic N) is 1. The van der Waals surface area contributed by atoms with E-state index >= 15 is 0 Å². The highest BCUT2D eigenvalue weighted by molar-refractivity contribution is 6.89. The minimum absolute atomic E-state index is 0.562. The summed E-state index contributed by atoms with van der Waals surface area (Å²) in [6, 6.07) is 0.562. The van der Waals surface area contributed by atoms with Crippen LogP contribution >= 0.6 is 0 Å². The molecular weight excluding hydrogens is 258 g/mol. The summed E-state index contributed by atoms with van der Waals surface area (Å²) < 4.78 is 2.80. The first kappa shape index (κ1) is 15.7. The van der Waals surface area contributed by atoms with Crippen molar-refractivity contribution in [3.05, 3.63) is 11.6 Å². The third kappa shape index (κ3) is 3.80. The van der Waals surface area contributed by atoms with Crippen molar-refractivity contribution in [3.8, 4) is 0 Å². The highest BCUT2D eigenvalue weighted by atomic mass is 28.4. The van der Waals surface area contributed by atoms with E-state index in [9.17, 15) is 4.79 Å². The van der Waals surface area contributed by atoms with Crippen molar-refractivity contribution in [2.24, 2.45) is 0 Å². The van der Waals surface area contributed by atoms with E-state index in [0.29, 0.717) is 11.6 Å². The van der Waals surface area contributed by atoms with Gasteiger partial charge in [-0.2, -0.15) is 0 Å². The van der Waals surface area contributed by atoms with E-state index in [2.05, 4.69) is 43.5 Å². The van der Waals surface area contributed by atoms with Gasteiger partial charge >= 0.3 is 5.97 Å². The van der Waals surface area contributed by atoms with Gasteiger partial charge in [0.2, 0.25) is 0 Å². The summed E-state index contributed by atoms with van der Waals surface area (Å²) in [7, 11) is -2.68. The molecule has 0 bridgehead atoms. The first-order valence-electron chi connectivity index (χ1n) is 6.75. The maximum Gasteiger partial charge on any atom is 0.331 e. The van der Waals surface area contributed by atoms with Crippen LogP contribution in [-0.4, -0.2) is 37.8 Å². The van der Waals surface area contributed by atoms with Crippen LogP contribution in [-0.2, 0) is 4.79 Å². The van der Waals surface area contributed by atoms with Crippen molar-refractivity contribution in [1.82, 2.24) is 4.23 Å². The molecule has 3 nitrogen and oxygen atoms in total. The standard InChI is InChI=1S/C13H27NO2Si2/c1-17(2,3)14(18(4,5)6)12-9-7-11(8-10-12)13(15)16/h7,12H,8-10H2,1-6H3,(H,15,16). The zero-order valence-corrected chi connectivity index (χ0v) is 14.6. The SMILES string of the molecule is C[Si](C)(C)N(C1CC=C(C(=O)O)CC1)[Si](C)(C)C. The molecule has 0 aromatic carbocycles. The topological polar surface area (TPSA) is 40.5 Å². The van der Waals surface area contributed by atoms with Crippen LogP contribution in [0.2, 0.25) is 39.3 Å². The minimum Gasteiger partial charge on any atom is -0.478 e. The lowest BCUT2D eigenvalue weighted by Crippen LogP contribution is -2.63. The quantitative estimate of drug-likeness (QED) is 0.803. The highest BCUT2D eigenvalue weighted by Gasteiger charge is 2.39. The van der Waals surface area contributed by atoms with Crippen molar-refractivity contribution < 1.29 is 9.90 Å². The van der Waals surface area contributed by atoms with E-state index in [1.165, 1.54) is 0 Å². The second-order valence-corrected chi connectivity index (χ2v) is 17.3. The molecule has 0 saturated carbocycles. The molecule has 1 aliphatic carbocycles. The van der Waals surface area contributed by atoms with Crippen LogP contribution in [0.5, 0.6) is 0 Å². The lowest BCUT2D eigenvalue weighted by molar-refractivity contribution is -0.132. The van der Waals surface area contributed by atoms with Crippen LogP contribution < -0.4 is 0 Å². The third-order valence-electron chi connectivity index (χ3n) is 3.47. The average Bonchev–Trinajstić information content (AvgIpc) is 2.13. The van der Waals surface area contributed by atoms with Gasteiger partial charge in [0.25, 0.3) is 0 Å². The van der Waals surface area contributed by atoms with Crippen LogP contribution in [0.3, 0.4) is 0 Å². The van der Waals surface area contributed by atoms with E-state index in [1.807, 2.05) is 6.08 Å². The maximum atomic E-state index is 11.0. The second kappa shape index (κ2) is 5.31. The van der Waals surface area contributed by atoms with Gasteiger partial charge in [0.15, 0.2) is 0 Å². The number of hydrogen-bond donors (Lipinski definition) is 1. The maximum absolute atomic E-state index is 11.0. The van der Waals surface area contributed by atoms with Crippen molar-refractivity contribution in [2.45, 2.75) is 64.6 Å². The van der Waals surface area contributed by atoms with Gasteiger partial charge in [-0.15, -0.1) is 0 Å². The number of carboxylic acids is 1. The first-order valence-corrected chi connectivity index (χ1v) is 13.6. The van der Waals surface area contributed by atoms with Gasteiger partial charge in [-0.05, 0) is 19.3 Å². The van der Waals surface area contributed by atoms with Crippen LogP contribution in [0, 0.1) is 0 Å². The highest BCUT2D eigenvalue weighted by Crippen LogP contribution is 2.31. The van der Waals surface area contributed by atoms with Gasteiger partial charge in [0.05, 0.1) is 0 Å². The molecule has 0 aliphatic heterocycles. The monoisotopic (exact) mass is 285 g/mol. The predicted molar refractivity (Wildman–Crippen MR) is 81.9 cm³/mol. The summed E-state index contributed by atoms with van der Waals surface area (Å²) in [6.07, 6.45) is 4.60. The van der Waals surface area contributed by atoms with Crippen molar-refractivity contribution in [2.75, 3.05) is 0 Å². The minimum atomic E-state index is -1.34. The Bertz CT molecular complexity index is 339. The van der Waals surface area contributed by atoms with Gasteiger partial charge in [-0.1, -0.05) is 45.4 Å². The van der Waals surface area contributed by atoms with Gasteiger partial charge < -0.3 is 9.34 Å². The Balaban J connectivity index is 2.89. The molecule has 0 saturated heterocycles. The van der Waals surface area contributed by atoms with E-state index in [4.69, 9.17) is 5.11 Å². The molecule has 1 rings (SSSR count). The van der Waals surface area contributed by atoms with Gasteiger partial charge in [0, 0.05) is 11.6 Å². The fourth-order valence-electron chi connectivity index (χ4n) is 3.35. The summed E-state index contributed by atoms with van der Waals surface area (Å²) in [4.78, 5) is 11.0. The Kier molecular flexibility index (Phi) is 4.62. The largest absolute Gasteiger partial charge is 0.478 e. The normalized spacial score (nSPS) is 21.9. The molecule has 5 heteroatoms. The predicted octanol–water partition coefficient (Wildman–Crippen LogP) is 3.52. The van der Waals surface area contributed by atoms with E-state index in [-0.39, 0.29) is 0 Å². The molecule has 0 aromatic heterocycles. The fourth-order valence-corrected chi connectivity index (χ4v) is 14.1. The lowest BCUT2D eigenvalue weighted by Gasteiger charge is -2.49. The van der Waals surface area contributed by atoms with Gasteiger partial charge in [-0.3, -0.25) is 0 Å². The second-order valence-electron chi connectivity index (χ2n) is 7.17. The molecule has 1 N–H and O–H groups in total. The van der Waals surface area contributed by atoms with Gasteiger partial charge in [0.1, 0.15) is 16.5 Å². The number of aliphatic carboxylic acids is 1. The molecule has 0 aromatic rings. The molecule has 1 aliphatic rings. The van der Waals surface area contributed by atoms with Crippen molar-refractivity contribution in [3.63, 3.8) is 0 Å². The molecule has 0 heterocycles. The molecule has 18 heavy (non-hydrogen) atoms. The van der Waals surface area contributed by atoms with Crippen LogP contribution in [0.15, 0.2) is 11.6 Å². The molecule has 104 valence electrons. The molecule has 0 fully saturated rings. The van der Waals surface area contributed by atoms with E-state index in [0.717, 1.165) is 19.3 Å². The molecule has 0 amide bonds. The Morgan fingerprint density at radius 3 is 2.00 bits per heavy atom. The van der Waals surface area contributed by atoms with Gasteiger partial charge in [-0.25, -0.2) is 4.79 Å². The molecular formula is C13H27NO2Si2. The number of hydrogen-bond acceptors (Lipinski definition) is 2. The first-order chi connectivity index (χ1) is 8.03. The summed E-state index contributed by atoms with van der Waals surface area (Å²) in [5.41, 5.74) is 0.609. The Labute approximate surface area is 113 Å². The smallest absolute Gasteiger partial charge is 0.331 e. The van der Waals surface area contributed by atoms with E-state index < -0.39 is 22.4 Å². The number of carboxylic acid groups (broad SMARTS) is 1. The summed E-state index contributed by atoms with van der Waals surface area (Å²) in [5.74, 6) is -0.735. The lowest BCUT2D eigenvalue weighted by atomic mass is 9.96. The van der Waals surface area contributed by atoms with Crippen molar-refractivity contribution >= 4 is 22.4 Å². The number of rotatable bonds is 4. The molecule has 0 spiro atoms. The van der Waals surface area contributed by atoms with Crippen LogP contribution in [0.1, 0.15) is 19.3 Å². The van der Waals surface area contributed by atoms with Crippen molar-refractivity contribution in [1.29, 1.82) is 0 Å². The summed E-state index contributed by atoms with van der Waals surface area (Å²) in [6.45, 7) is 14.4. The Hall–Kier alpha value is -0.396. The summed E-state index contributed by atoms with van der Waals surface area (Å²) in [5, 5.41) is 9.02. The Morgan fingerprint density at radius 2 is 1.72 bits per heavy atom. The fraction of sp³-hybridized carbons (Fsp3) is 0.769. The average molecular weight is 286 g/mol. The van der Waals surface area contributed by atoms with Crippen LogP contribution in [0.25, 0.3) is 0 Å². The Morgan fingerprint density at radius 1 is 1.22 bits per heavy atom. The number of carbonyl (C=O) groups is 1.